The smallest absolute Gasteiger partial charge is 0.341 e. The average molecular weight is 393 g/mol. The molecule has 0 aliphatic heterocycles. The van der Waals surface area contributed by atoms with Crippen LogP contribution in [0.15, 0.2) is 53.7 Å². The zero-order valence-electron chi connectivity index (χ0n) is 15.8. The topological polar surface area (TPSA) is 65.6 Å². The Bertz CT molecular complexity index is 1240. The first-order chi connectivity index (χ1) is 13.4. The van der Waals surface area contributed by atoms with Crippen LogP contribution in [0.5, 0.6) is 0 Å². The third kappa shape index (κ3) is 3.25. The van der Waals surface area contributed by atoms with Crippen LogP contribution in [0, 0.1) is 20.8 Å². The molecule has 0 saturated heterocycles. The number of fused-ring (bicyclic) bond motifs is 1. The highest BCUT2D eigenvalue weighted by atomic mass is 32.1. The number of carbonyl (C=O) groups excluding carboxylic acids is 1. The second-order valence-electron chi connectivity index (χ2n) is 6.65. The van der Waals surface area contributed by atoms with Gasteiger partial charge in [0.05, 0.1) is 11.3 Å². The van der Waals surface area contributed by atoms with E-state index in [0.29, 0.717) is 16.9 Å². The van der Waals surface area contributed by atoms with Crippen LogP contribution in [-0.2, 0) is 11.3 Å². The van der Waals surface area contributed by atoms with Gasteiger partial charge in [-0.15, -0.1) is 11.3 Å². The second-order valence-corrected chi connectivity index (χ2v) is 7.85. The monoisotopic (exact) mass is 393 g/mol. The number of hydrogen-bond donors (Lipinski definition) is 0. The summed E-state index contributed by atoms with van der Waals surface area (Å²) in [7, 11) is 0. The lowest BCUT2D eigenvalue weighted by Crippen LogP contribution is -2.17. The first-order valence-corrected chi connectivity index (χ1v) is 9.65. The number of thiophene rings is 1. The zero-order chi connectivity index (χ0) is 19.8. The molecule has 142 valence electrons. The number of carbonyl (C=O) groups is 1. The van der Waals surface area contributed by atoms with Crippen molar-refractivity contribution >= 4 is 23.0 Å². The Hall–Kier alpha value is -3.19. The van der Waals surface area contributed by atoms with Gasteiger partial charge in [-0.2, -0.15) is 0 Å². The van der Waals surface area contributed by atoms with Crippen molar-refractivity contribution < 1.29 is 9.53 Å². The van der Waals surface area contributed by atoms with Crippen molar-refractivity contribution in [1.29, 1.82) is 0 Å². The molecule has 0 bridgehead atoms. The lowest BCUT2D eigenvalue weighted by Gasteiger charge is -2.08. The van der Waals surface area contributed by atoms with Crippen LogP contribution in [0.2, 0.25) is 0 Å². The molecule has 7 heteroatoms. The van der Waals surface area contributed by atoms with Crippen molar-refractivity contribution in [3.63, 3.8) is 0 Å². The minimum Gasteiger partial charge on any atom is -0.455 e. The van der Waals surface area contributed by atoms with Crippen LogP contribution in [-0.4, -0.2) is 19.9 Å². The normalized spacial score (nSPS) is 11.1. The van der Waals surface area contributed by atoms with Gasteiger partial charge in [0.15, 0.2) is 0 Å². The van der Waals surface area contributed by atoms with Crippen molar-refractivity contribution in [3.05, 3.63) is 86.5 Å². The largest absolute Gasteiger partial charge is 0.455 e. The molecule has 0 fully saturated rings. The third-order valence-corrected chi connectivity index (χ3v) is 5.84. The van der Waals surface area contributed by atoms with E-state index < -0.39 is 5.97 Å². The van der Waals surface area contributed by atoms with E-state index in [-0.39, 0.29) is 12.2 Å². The summed E-state index contributed by atoms with van der Waals surface area (Å²) in [6.45, 7) is 5.75. The molecule has 0 unspecified atom stereocenters. The maximum absolute atomic E-state index is 12.8. The van der Waals surface area contributed by atoms with Crippen LogP contribution in [0.1, 0.15) is 32.1 Å². The first kappa shape index (κ1) is 18.2. The maximum atomic E-state index is 12.8. The number of rotatable bonds is 4. The summed E-state index contributed by atoms with van der Waals surface area (Å²) < 4.78 is 8.91. The van der Waals surface area contributed by atoms with E-state index in [1.54, 1.807) is 23.6 Å². The van der Waals surface area contributed by atoms with Gasteiger partial charge < -0.3 is 9.30 Å². The van der Waals surface area contributed by atoms with Gasteiger partial charge in [-0.3, -0.25) is 9.20 Å². The number of aromatic nitrogens is 3. The SMILES string of the molecule is Cc1ccc2nc(COC(=O)c3c(-n4cccc4)sc(C)c3C)cc(=O)n2c1. The molecule has 28 heavy (non-hydrogen) atoms. The summed E-state index contributed by atoms with van der Waals surface area (Å²) >= 11 is 1.55. The fourth-order valence-corrected chi connectivity index (χ4v) is 4.16. The fourth-order valence-electron chi connectivity index (χ4n) is 3.04. The van der Waals surface area contributed by atoms with E-state index in [4.69, 9.17) is 4.74 Å². The summed E-state index contributed by atoms with van der Waals surface area (Å²) in [6.07, 6.45) is 5.53. The molecule has 6 nitrogen and oxygen atoms in total. The molecule has 0 saturated carbocycles. The van der Waals surface area contributed by atoms with Crippen molar-refractivity contribution in [2.75, 3.05) is 0 Å². The highest BCUT2D eigenvalue weighted by molar-refractivity contribution is 7.15. The van der Waals surface area contributed by atoms with E-state index in [2.05, 4.69) is 4.98 Å². The van der Waals surface area contributed by atoms with Gasteiger partial charge in [0.2, 0.25) is 0 Å². The average Bonchev–Trinajstić information content (AvgIpc) is 3.29. The minimum absolute atomic E-state index is 0.0576. The van der Waals surface area contributed by atoms with Crippen LogP contribution in [0.4, 0.5) is 0 Å². The van der Waals surface area contributed by atoms with Gasteiger partial charge in [0.1, 0.15) is 17.3 Å². The third-order valence-electron chi connectivity index (χ3n) is 4.62. The van der Waals surface area contributed by atoms with Gasteiger partial charge in [0, 0.05) is 29.5 Å². The number of hydrogen-bond acceptors (Lipinski definition) is 5. The number of ether oxygens (including phenoxy) is 1. The molecule has 0 aromatic carbocycles. The predicted molar refractivity (Wildman–Crippen MR) is 108 cm³/mol. The molecule has 4 aromatic rings. The molecule has 0 N–H and O–H groups in total. The molecule has 0 aliphatic rings. The molecule has 0 spiro atoms. The molecule has 0 radical (unpaired) electrons. The molecule has 4 rings (SSSR count). The van der Waals surface area contributed by atoms with E-state index in [1.165, 1.54) is 10.5 Å². The predicted octanol–water partition coefficient (Wildman–Crippen LogP) is 3.83. The minimum atomic E-state index is -0.420. The van der Waals surface area contributed by atoms with E-state index in [1.807, 2.05) is 55.9 Å². The Kier molecular flexibility index (Phi) is 4.60. The quantitative estimate of drug-likeness (QED) is 0.494. The van der Waals surface area contributed by atoms with Crippen molar-refractivity contribution in [2.24, 2.45) is 0 Å². The van der Waals surface area contributed by atoms with Crippen LogP contribution in [0.25, 0.3) is 10.6 Å². The molecular formula is C21H19N3O3S. The molecule has 4 aromatic heterocycles. The fraction of sp³-hybridized carbons (Fsp3) is 0.190. The lowest BCUT2D eigenvalue weighted by atomic mass is 10.1. The van der Waals surface area contributed by atoms with Gasteiger partial charge in [-0.1, -0.05) is 6.07 Å². The van der Waals surface area contributed by atoms with Crippen LogP contribution < -0.4 is 5.56 Å². The Morgan fingerprint density at radius 2 is 1.93 bits per heavy atom. The van der Waals surface area contributed by atoms with Gasteiger partial charge >= 0.3 is 5.97 Å². The van der Waals surface area contributed by atoms with E-state index >= 15 is 0 Å². The van der Waals surface area contributed by atoms with Gasteiger partial charge in [-0.25, -0.2) is 9.78 Å². The van der Waals surface area contributed by atoms with E-state index in [0.717, 1.165) is 21.0 Å². The highest BCUT2D eigenvalue weighted by Crippen LogP contribution is 2.31. The second kappa shape index (κ2) is 7.09. The van der Waals surface area contributed by atoms with Gasteiger partial charge in [-0.05, 0) is 50.1 Å². The molecule has 0 aliphatic carbocycles. The van der Waals surface area contributed by atoms with Crippen molar-refractivity contribution in [1.82, 2.24) is 14.0 Å². The molecular weight excluding hydrogens is 374 g/mol. The Labute approximate surface area is 165 Å². The van der Waals surface area contributed by atoms with Crippen molar-refractivity contribution in [3.8, 4) is 5.00 Å². The highest BCUT2D eigenvalue weighted by Gasteiger charge is 2.22. The van der Waals surface area contributed by atoms with Crippen LogP contribution in [0.3, 0.4) is 0 Å². The summed E-state index contributed by atoms with van der Waals surface area (Å²) in [5.41, 5.74) is 3.17. The molecule has 0 atom stereocenters. The molecule has 0 amide bonds. The molecule has 4 heterocycles. The summed E-state index contributed by atoms with van der Waals surface area (Å²) in [5, 5.41) is 0.826. The lowest BCUT2D eigenvalue weighted by molar-refractivity contribution is 0.0467. The first-order valence-electron chi connectivity index (χ1n) is 8.83. The zero-order valence-corrected chi connectivity index (χ0v) is 16.6. The Morgan fingerprint density at radius 1 is 1.18 bits per heavy atom. The Balaban J connectivity index is 1.61. The summed E-state index contributed by atoms with van der Waals surface area (Å²) in [5.74, 6) is -0.420. The summed E-state index contributed by atoms with van der Waals surface area (Å²) in [6, 6.07) is 8.89. The number of esters is 1. The number of nitrogens with zero attached hydrogens (tertiary/aromatic N) is 3. The number of pyridine rings is 1. The van der Waals surface area contributed by atoms with Crippen molar-refractivity contribution in [2.45, 2.75) is 27.4 Å². The standard InChI is InChI=1S/C21H19N3O3S/c1-13-6-7-17-22-16(10-18(25)24(17)11-13)12-27-21(26)19-14(2)15(3)28-20(19)23-8-4-5-9-23/h4-11H,12H2,1-3H3. The Morgan fingerprint density at radius 3 is 2.68 bits per heavy atom. The summed E-state index contributed by atoms with van der Waals surface area (Å²) in [4.78, 5) is 30.6. The maximum Gasteiger partial charge on any atom is 0.341 e. The number of aryl methyl sites for hydroxylation is 2. The van der Waals surface area contributed by atoms with Gasteiger partial charge in [0.25, 0.3) is 5.56 Å². The van der Waals surface area contributed by atoms with Crippen LogP contribution >= 0.6 is 11.3 Å². The van der Waals surface area contributed by atoms with E-state index in [9.17, 15) is 9.59 Å².